The van der Waals surface area contributed by atoms with Gasteiger partial charge in [0.2, 0.25) is 12.7 Å². The van der Waals surface area contributed by atoms with Crippen LogP contribution >= 0.6 is 0 Å². The van der Waals surface area contributed by atoms with E-state index in [0.717, 1.165) is 17.1 Å². The molecular weight excluding hydrogens is 296 g/mol. The minimum Gasteiger partial charge on any atom is -0.454 e. The quantitative estimate of drug-likeness (QED) is 0.730. The van der Waals surface area contributed by atoms with Gasteiger partial charge in [-0.2, -0.15) is 9.97 Å². The third-order valence-corrected chi connectivity index (χ3v) is 3.31. The number of hydrogen-bond acceptors (Lipinski definition) is 8. The second-order valence-corrected chi connectivity index (χ2v) is 4.88. The van der Waals surface area contributed by atoms with E-state index < -0.39 is 0 Å². The van der Waals surface area contributed by atoms with E-state index in [1.165, 1.54) is 0 Å². The summed E-state index contributed by atoms with van der Waals surface area (Å²) in [6.07, 6.45) is 5.31. The Morgan fingerprint density at radius 2 is 1.87 bits per heavy atom. The lowest BCUT2D eigenvalue weighted by Gasteiger charge is -2.02. The molecule has 0 bridgehead atoms. The van der Waals surface area contributed by atoms with Crippen LogP contribution in [0.4, 0.5) is 11.8 Å². The van der Waals surface area contributed by atoms with Crippen molar-refractivity contribution in [1.29, 1.82) is 0 Å². The number of nitrogens with zero attached hydrogens (tertiary/aromatic N) is 4. The Balaban J connectivity index is 1.67. The Bertz CT molecular complexity index is 941. The fraction of sp³-hybridized carbons (Fsp3) is 0.0667. The number of aromatic nitrogens is 4. The van der Waals surface area contributed by atoms with Crippen LogP contribution in [0.1, 0.15) is 11.3 Å². The molecule has 4 rings (SSSR count). The van der Waals surface area contributed by atoms with Gasteiger partial charge in [0.1, 0.15) is 0 Å². The molecule has 0 unspecified atom stereocenters. The first-order chi connectivity index (χ1) is 11.2. The molecule has 0 atom stereocenters. The lowest BCUT2D eigenvalue weighted by atomic mass is 10.2. The highest BCUT2D eigenvalue weighted by Crippen LogP contribution is 2.32. The van der Waals surface area contributed by atoms with Crippen molar-refractivity contribution in [3.05, 3.63) is 35.7 Å². The normalized spacial score (nSPS) is 13.0. The Morgan fingerprint density at radius 3 is 2.78 bits per heavy atom. The minimum atomic E-state index is 0.0768. The van der Waals surface area contributed by atoms with Crippen molar-refractivity contribution >= 4 is 35.1 Å². The van der Waals surface area contributed by atoms with Gasteiger partial charge in [-0.05, 0) is 23.8 Å². The molecule has 0 aliphatic carbocycles. The van der Waals surface area contributed by atoms with E-state index in [2.05, 4.69) is 19.9 Å². The number of hydrogen-bond donors (Lipinski definition) is 2. The zero-order valence-electron chi connectivity index (χ0n) is 11.9. The topological polar surface area (TPSA) is 122 Å². The van der Waals surface area contributed by atoms with E-state index in [9.17, 15) is 0 Å². The summed E-state index contributed by atoms with van der Waals surface area (Å²) in [6, 6.07) is 5.69. The average molecular weight is 308 g/mol. The molecule has 2 aromatic heterocycles. The second kappa shape index (κ2) is 5.09. The van der Waals surface area contributed by atoms with Crippen LogP contribution in [0.5, 0.6) is 11.5 Å². The highest BCUT2D eigenvalue weighted by Gasteiger charge is 2.12. The van der Waals surface area contributed by atoms with Crippen LogP contribution in [0.3, 0.4) is 0 Å². The zero-order chi connectivity index (χ0) is 15.8. The first-order valence-corrected chi connectivity index (χ1v) is 6.82. The van der Waals surface area contributed by atoms with Gasteiger partial charge in [0.25, 0.3) is 0 Å². The maximum Gasteiger partial charge on any atom is 0.231 e. The van der Waals surface area contributed by atoms with Crippen molar-refractivity contribution in [1.82, 2.24) is 19.9 Å². The Hall–Kier alpha value is -3.42. The van der Waals surface area contributed by atoms with Crippen molar-refractivity contribution in [3.63, 3.8) is 0 Å². The fourth-order valence-electron chi connectivity index (χ4n) is 2.24. The van der Waals surface area contributed by atoms with E-state index in [0.29, 0.717) is 16.9 Å². The highest BCUT2D eigenvalue weighted by molar-refractivity contribution is 5.83. The van der Waals surface area contributed by atoms with Crippen LogP contribution in [0.2, 0.25) is 0 Å². The monoisotopic (exact) mass is 308 g/mol. The van der Waals surface area contributed by atoms with Crippen LogP contribution < -0.4 is 20.9 Å². The van der Waals surface area contributed by atoms with Gasteiger partial charge in [0.15, 0.2) is 28.5 Å². The lowest BCUT2D eigenvalue weighted by Crippen LogP contribution is -2.03. The zero-order valence-corrected chi connectivity index (χ0v) is 11.9. The summed E-state index contributed by atoms with van der Waals surface area (Å²) in [5.74, 6) is 1.76. The third-order valence-electron chi connectivity index (χ3n) is 3.31. The van der Waals surface area contributed by atoms with Crippen LogP contribution in [-0.2, 0) is 0 Å². The number of fused-ring (bicyclic) bond motifs is 2. The Labute approximate surface area is 130 Å². The van der Waals surface area contributed by atoms with Gasteiger partial charge in [0, 0.05) is 0 Å². The smallest absolute Gasteiger partial charge is 0.231 e. The Morgan fingerprint density at radius 1 is 1.00 bits per heavy atom. The third kappa shape index (κ3) is 2.46. The molecule has 114 valence electrons. The second-order valence-electron chi connectivity index (χ2n) is 4.88. The van der Waals surface area contributed by atoms with Crippen molar-refractivity contribution in [2.75, 3.05) is 18.3 Å². The molecule has 1 aliphatic heterocycles. The molecule has 0 saturated carbocycles. The molecule has 3 aromatic rings. The number of nitrogen functional groups attached to an aromatic ring is 2. The molecule has 4 N–H and O–H groups in total. The van der Waals surface area contributed by atoms with Gasteiger partial charge in [-0.3, -0.25) is 0 Å². The molecule has 0 spiro atoms. The summed E-state index contributed by atoms with van der Waals surface area (Å²) in [7, 11) is 0. The van der Waals surface area contributed by atoms with E-state index in [1.54, 1.807) is 6.20 Å². The van der Waals surface area contributed by atoms with Gasteiger partial charge in [-0.25, -0.2) is 9.97 Å². The van der Waals surface area contributed by atoms with Crippen LogP contribution in [0.15, 0.2) is 24.4 Å². The van der Waals surface area contributed by atoms with E-state index in [4.69, 9.17) is 20.9 Å². The molecule has 3 heterocycles. The number of ether oxygens (including phenoxy) is 2. The molecule has 0 saturated heterocycles. The fourth-order valence-corrected chi connectivity index (χ4v) is 2.24. The van der Waals surface area contributed by atoms with Gasteiger partial charge < -0.3 is 20.9 Å². The standard InChI is InChI=1S/C15H12N6O2/c16-13-12-14(21-15(17)20-13)18-6-9(19-12)3-1-8-2-4-10-11(5-8)23-7-22-10/h1-6H,7H2,(H4,16,17,18,20,21)/b3-1-. The molecule has 23 heavy (non-hydrogen) atoms. The van der Waals surface area contributed by atoms with Crippen molar-refractivity contribution in [2.24, 2.45) is 0 Å². The molecular formula is C15H12N6O2. The summed E-state index contributed by atoms with van der Waals surface area (Å²) in [5, 5.41) is 0. The van der Waals surface area contributed by atoms with Crippen molar-refractivity contribution < 1.29 is 9.47 Å². The largest absolute Gasteiger partial charge is 0.454 e. The number of benzene rings is 1. The molecule has 8 nitrogen and oxygen atoms in total. The summed E-state index contributed by atoms with van der Waals surface area (Å²) < 4.78 is 10.6. The maximum atomic E-state index is 5.81. The molecule has 0 fully saturated rings. The average Bonchev–Trinajstić information content (AvgIpc) is 3.00. The Kier molecular flexibility index (Phi) is 2.94. The highest BCUT2D eigenvalue weighted by atomic mass is 16.7. The molecule has 0 radical (unpaired) electrons. The molecule has 8 heteroatoms. The van der Waals surface area contributed by atoms with Gasteiger partial charge in [-0.1, -0.05) is 12.1 Å². The summed E-state index contributed by atoms with van der Waals surface area (Å²) in [6.45, 7) is 0.251. The first-order valence-electron chi connectivity index (χ1n) is 6.82. The number of rotatable bonds is 2. The minimum absolute atomic E-state index is 0.0768. The first kappa shape index (κ1) is 13.3. The van der Waals surface area contributed by atoms with Gasteiger partial charge in [0.05, 0.1) is 11.9 Å². The lowest BCUT2D eigenvalue weighted by molar-refractivity contribution is 0.174. The predicted octanol–water partition coefficient (Wildman–Crippen LogP) is 1.48. The van der Waals surface area contributed by atoms with E-state index in [-0.39, 0.29) is 18.6 Å². The number of nitrogens with two attached hydrogens (primary N) is 2. The van der Waals surface area contributed by atoms with Crippen LogP contribution in [0, 0.1) is 0 Å². The molecule has 1 aliphatic rings. The molecule has 0 amide bonds. The SMILES string of the molecule is Nc1nc(N)c2nc(/C=C\c3ccc4c(c3)OCO4)cnc2n1. The summed E-state index contributed by atoms with van der Waals surface area (Å²) in [5.41, 5.74) is 13.7. The maximum absolute atomic E-state index is 5.81. The predicted molar refractivity (Wildman–Crippen MR) is 85.4 cm³/mol. The van der Waals surface area contributed by atoms with Crippen molar-refractivity contribution in [2.45, 2.75) is 0 Å². The van der Waals surface area contributed by atoms with Crippen molar-refractivity contribution in [3.8, 4) is 11.5 Å². The van der Waals surface area contributed by atoms with E-state index >= 15 is 0 Å². The van der Waals surface area contributed by atoms with Gasteiger partial charge >= 0.3 is 0 Å². The summed E-state index contributed by atoms with van der Waals surface area (Å²) in [4.78, 5) is 16.5. The van der Waals surface area contributed by atoms with Crippen LogP contribution in [-0.4, -0.2) is 26.7 Å². The van der Waals surface area contributed by atoms with E-state index in [1.807, 2.05) is 30.4 Å². The van der Waals surface area contributed by atoms with Gasteiger partial charge in [-0.15, -0.1) is 0 Å². The summed E-state index contributed by atoms with van der Waals surface area (Å²) >= 11 is 0. The van der Waals surface area contributed by atoms with Crippen LogP contribution in [0.25, 0.3) is 23.3 Å². The number of anilines is 2. The molecule has 1 aromatic carbocycles.